The highest BCUT2D eigenvalue weighted by Crippen LogP contribution is 2.24. The first-order chi connectivity index (χ1) is 11.9. The largest absolute Gasteiger partial charge is 0.419 e. The molecule has 1 heterocycles. The quantitative estimate of drug-likeness (QED) is 0.628. The second kappa shape index (κ2) is 7.07. The Kier molecular flexibility index (Phi) is 5.03. The number of nitrogens with zero attached hydrogens (tertiary/aromatic N) is 3. The van der Waals surface area contributed by atoms with Crippen molar-refractivity contribution in [1.82, 2.24) is 14.5 Å². The molecule has 3 aromatic rings. The molecule has 0 unspecified atom stereocenters. The third-order valence-electron chi connectivity index (χ3n) is 3.68. The van der Waals surface area contributed by atoms with Crippen LogP contribution in [0.1, 0.15) is 11.5 Å². The van der Waals surface area contributed by atoms with Crippen molar-refractivity contribution in [3.05, 3.63) is 64.5 Å². The van der Waals surface area contributed by atoms with Gasteiger partial charge in [0.25, 0.3) is 0 Å². The molecule has 0 atom stereocenters. The molecule has 0 bridgehead atoms. The Morgan fingerprint density at radius 2 is 1.84 bits per heavy atom. The van der Waals surface area contributed by atoms with Crippen LogP contribution < -0.4 is 0 Å². The number of benzene rings is 2. The summed E-state index contributed by atoms with van der Waals surface area (Å²) in [6.45, 7) is 1.75. The van der Waals surface area contributed by atoms with Gasteiger partial charge in [-0.25, -0.2) is 8.42 Å². The number of hydrogen-bond donors (Lipinski definition) is 0. The van der Waals surface area contributed by atoms with E-state index < -0.39 is 10.0 Å². The number of hydrogen-bond acceptors (Lipinski definition) is 5. The third kappa shape index (κ3) is 3.81. The fraction of sp³-hybridized carbons (Fsp3) is 0.176. The minimum Gasteiger partial charge on any atom is -0.419 e. The lowest BCUT2D eigenvalue weighted by Gasteiger charge is -2.17. The molecule has 3 rings (SSSR count). The minimum absolute atomic E-state index is 0.00583. The van der Waals surface area contributed by atoms with Crippen molar-refractivity contribution in [1.29, 1.82) is 0 Å². The zero-order chi connectivity index (χ0) is 18.0. The average Bonchev–Trinajstić information content (AvgIpc) is 3.06. The van der Waals surface area contributed by atoms with Gasteiger partial charge in [0.2, 0.25) is 21.8 Å². The first-order valence-corrected chi connectivity index (χ1v) is 9.71. The van der Waals surface area contributed by atoms with Crippen molar-refractivity contribution in [3.63, 3.8) is 0 Å². The number of halogens is 1. The molecular weight excluding hydrogens is 406 g/mol. The summed E-state index contributed by atoms with van der Waals surface area (Å²) in [4.78, 5) is 0.243. The molecule has 0 N–H and O–H groups in total. The third-order valence-corrected chi connectivity index (χ3v) is 6.12. The highest BCUT2D eigenvalue weighted by atomic mass is 79.9. The smallest absolute Gasteiger partial charge is 0.247 e. The van der Waals surface area contributed by atoms with E-state index in [0.29, 0.717) is 15.9 Å². The maximum atomic E-state index is 12.8. The topological polar surface area (TPSA) is 76.3 Å². The van der Waals surface area contributed by atoms with E-state index in [0.717, 1.165) is 5.56 Å². The molecule has 0 saturated carbocycles. The second-order valence-corrected chi connectivity index (χ2v) is 8.47. The van der Waals surface area contributed by atoms with Gasteiger partial charge in [-0.1, -0.05) is 40.2 Å². The number of rotatable bonds is 5. The van der Waals surface area contributed by atoms with Crippen LogP contribution in [0.25, 0.3) is 11.5 Å². The van der Waals surface area contributed by atoms with Crippen LogP contribution in [0.4, 0.5) is 0 Å². The molecule has 25 heavy (non-hydrogen) atoms. The predicted molar refractivity (Wildman–Crippen MR) is 97.3 cm³/mol. The van der Waals surface area contributed by atoms with Gasteiger partial charge in [0.1, 0.15) is 0 Å². The Labute approximate surface area is 154 Å². The lowest BCUT2D eigenvalue weighted by molar-refractivity contribution is 0.399. The van der Waals surface area contributed by atoms with Gasteiger partial charge in [0.15, 0.2) is 0 Å². The molecule has 8 heteroatoms. The van der Waals surface area contributed by atoms with E-state index in [1.54, 1.807) is 25.1 Å². The maximum absolute atomic E-state index is 12.8. The monoisotopic (exact) mass is 421 g/mol. The van der Waals surface area contributed by atoms with E-state index in [1.807, 2.05) is 30.3 Å². The normalized spacial score (nSPS) is 11.8. The zero-order valence-electron chi connectivity index (χ0n) is 13.7. The summed E-state index contributed by atoms with van der Waals surface area (Å²) >= 11 is 3.31. The van der Waals surface area contributed by atoms with E-state index in [2.05, 4.69) is 26.1 Å². The lowest BCUT2D eigenvalue weighted by atomic mass is 10.2. The first-order valence-electron chi connectivity index (χ1n) is 7.48. The Bertz CT molecular complexity index is 987. The van der Waals surface area contributed by atoms with E-state index in [-0.39, 0.29) is 17.3 Å². The van der Waals surface area contributed by atoms with Crippen LogP contribution in [0.3, 0.4) is 0 Å². The highest BCUT2D eigenvalue weighted by Gasteiger charge is 2.25. The molecule has 1 aromatic heterocycles. The molecule has 0 spiro atoms. The Balaban J connectivity index is 1.83. The molecule has 0 aliphatic rings. The first kappa shape index (κ1) is 17.8. The van der Waals surface area contributed by atoms with Crippen molar-refractivity contribution in [3.8, 4) is 11.5 Å². The van der Waals surface area contributed by atoms with Gasteiger partial charge in [-0.3, -0.25) is 0 Å². The minimum atomic E-state index is -3.67. The summed E-state index contributed by atoms with van der Waals surface area (Å²) in [7, 11) is -2.18. The maximum Gasteiger partial charge on any atom is 0.247 e. The van der Waals surface area contributed by atoms with Gasteiger partial charge in [0.05, 0.1) is 11.4 Å². The van der Waals surface area contributed by atoms with E-state index >= 15 is 0 Å². The van der Waals surface area contributed by atoms with Crippen LogP contribution in [-0.4, -0.2) is 30.0 Å². The number of sulfonamides is 1. The number of aromatic nitrogens is 2. The standard InChI is InChI=1S/C17H16BrN3O3S/c1-12-8-9-14(18)10-15(12)25(22,23)21(2)11-16-19-20-17(24-16)13-6-4-3-5-7-13/h3-10H,11H2,1-2H3. The van der Waals surface area contributed by atoms with Gasteiger partial charge >= 0.3 is 0 Å². The van der Waals surface area contributed by atoms with Crippen LogP contribution in [-0.2, 0) is 16.6 Å². The van der Waals surface area contributed by atoms with Crippen molar-refractivity contribution in [2.75, 3.05) is 7.05 Å². The van der Waals surface area contributed by atoms with Gasteiger partial charge in [-0.05, 0) is 36.8 Å². The van der Waals surface area contributed by atoms with Crippen molar-refractivity contribution < 1.29 is 12.8 Å². The van der Waals surface area contributed by atoms with Gasteiger partial charge in [-0.15, -0.1) is 10.2 Å². The molecule has 0 saturated heterocycles. The molecular formula is C17H16BrN3O3S. The van der Waals surface area contributed by atoms with Crippen LogP contribution in [0.15, 0.2) is 62.3 Å². The fourth-order valence-corrected chi connectivity index (χ4v) is 4.19. The Morgan fingerprint density at radius 1 is 1.12 bits per heavy atom. The predicted octanol–water partition coefficient (Wildman–Crippen LogP) is 3.63. The highest BCUT2D eigenvalue weighted by molar-refractivity contribution is 9.10. The molecule has 0 amide bonds. The SMILES string of the molecule is Cc1ccc(Br)cc1S(=O)(=O)N(C)Cc1nnc(-c2ccccc2)o1. The van der Waals surface area contributed by atoms with Crippen LogP contribution in [0.2, 0.25) is 0 Å². The van der Waals surface area contributed by atoms with Crippen LogP contribution in [0, 0.1) is 6.92 Å². The van der Waals surface area contributed by atoms with Crippen LogP contribution >= 0.6 is 15.9 Å². The van der Waals surface area contributed by atoms with Crippen molar-refractivity contribution in [2.45, 2.75) is 18.4 Å². The molecule has 0 aliphatic heterocycles. The number of aryl methyl sites for hydroxylation is 1. The van der Waals surface area contributed by atoms with E-state index in [1.165, 1.54) is 11.4 Å². The molecule has 0 radical (unpaired) electrons. The van der Waals surface area contributed by atoms with Gasteiger partial charge in [0, 0.05) is 17.1 Å². The molecule has 6 nitrogen and oxygen atoms in total. The Morgan fingerprint density at radius 3 is 2.56 bits per heavy atom. The van der Waals surface area contributed by atoms with Crippen molar-refractivity contribution >= 4 is 26.0 Å². The summed E-state index contributed by atoms with van der Waals surface area (Å²) < 4.78 is 33.1. The lowest BCUT2D eigenvalue weighted by Crippen LogP contribution is -2.27. The molecule has 0 aliphatic carbocycles. The van der Waals surface area contributed by atoms with E-state index in [9.17, 15) is 8.42 Å². The summed E-state index contributed by atoms with van der Waals surface area (Å²) in [5.74, 6) is 0.595. The zero-order valence-corrected chi connectivity index (χ0v) is 16.1. The second-order valence-electron chi connectivity index (χ2n) is 5.54. The van der Waals surface area contributed by atoms with Crippen molar-refractivity contribution in [2.24, 2.45) is 0 Å². The Hall–Kier alpha value is -2.03. The molecule has 2 aromatic carbocycles. The molecule has 0 fully saturated rings. The summed E-state index contributed by atoms with van der Waals surface area (Å²) in [6, 6.07) is 14.5. The average molecular weight is 422 g/mol. The summed E-state index contributed by atoms with van der Waals surface area (Å²) in [6.07, 6.45) is 0. The fourth-order valence-electron chi connectivity index (χ4n) is 2.31. The van der Waals surface area contributed by atoms with Crippen LogP contribution in [0.5, 0.6) is 0 Å². The van der Waals surface area contributed by atoms with Gasteiger partial charge in [-0.2, -0.15) is 4.31 Å². The summed E-state index contributed by atoms with van der Waals surface area (Å²) in [5, 5.41) is 7.93. The van der Waals surface area contributed by atoms with Gasteiger partial charge < -0.3 is 4.42 Å². The summed E-state index contributed by atoms with van der Waals surface area (Å²) in [5.41, 5.74) is 1.46. The molecule has 130 valence electrons. The van der Waals surface area contributed by atoms with E-state index in [4.69, 9.17) is 4.42 Å².